The van der Waals surface area contributed by atoms with Gasteiger partial charge in [-0.15, -0.1) is 5.10 Å². The molecule has 1 aromatic heterocycles. The number of hydrogen-bond acceptors (Lipinski definition) is 5. The van der Waals surface area contributed by atoms with Gasteiger partial charge in [-0.1, -0.05) is 35.5 Å². The standard InChI is InChI=1S/C19H24F2N6O2/c1-25(2)12-17(28)27-13-19(20,21)8-15(27)10-26-11-16(23-24-26)18(29)22-9-14-6-4-3-5-7-14/h3-7,11,15H,8-10,12-13H2,1-2H3,(H,22,29)/t15-/m0/s1. The van der Waals surface area contributed by atoms with Crippen LogP contribution in [-0.2, 0) is 17.9 Å². The third kappa shape index (κ3) is 5.57. The maximum absolute atomic E-state index is 13.9. The van der Waals surface area contributed by atoms with E-state index in [0.717, 1.165) is 5.56 Å². The number of nitrogens with zero attached hydrogens (tertiary/aromatic N) is 5. The molecule has 1 N–H and O–H groups in total. The molecule has 10 heteroatoms. The second-order valence-electron chi connectivity index (χ2n) is 7.47. The van der Waals surface area contributed by atoms with Crippen LogP contribution in [0.1, 0.15) is 22.5 Å². The van der Waals surface area contributed by atoms with E-state index in [-0.39, 0.29) is 24.7 Å². The van der Waals surface area contributed by atoms with Gasteiger partial charge < -0.3 is 15.1 Å². The van der Waals surface area contributed by atoms with Crippen molar-refractivity contribution in [1.29, 1.82) is 0 Å². The molecule has 2 amide bonds. The van der Waals surface area contributed by atoms with Crippen LogP contribution in [0.15, 0.2) is 36.5 Å². The van der Waals surface area contributed by atoms with Crippen LogP contribution in [0.5, 0.6) is 0 Å². The van der Waals surface area contributed by atoms with Crippen molar-refractivity contribution in [3.63, 3.8) is 0 Å². The van der Waals surface area contributed by atoms with E-state index in [0.29, 0.717) is 6.54 Å². The summed E-state index contributed by atoms with van der Waals surface area (Å²) in [4.78, 5) is 27.4. The average Bonchev–Trinajstić information content (AvgIpc) is 3.24. The Labute approximate surface area is 167 Å². The van der Waals surface area contributed by atoms with Gasteiger partial charge in [-0.25, -0.2) is 13.5 Å². The van der Waals surface area contributed by atoms with E-state index >= 15 is 0 Å². The molecule has 8 nitrogen and oxygen atoms in total. The van der Waals surface area contributed by atoms with Crippen molar-refractivity contribution in [3.8, 4) is 0 Å². The Morgan fingerprint density at radius 2 is 2.00 bits per heavy atom. The first-order chi connectivity index (χ1) is 13.7. The highest BCUT2D eigenvalue weighted by molar-refractivity contribution is 5.91. The van der Waals surface area contributed by atoms with E-state index < -0.39 is 30.8 Å². The lowest BCUT2D eigenvalue weighted by Crippen LogP contribution is -2.43. The molecule has 1 atom stereocenters. The summed E-state index contributed by atoms with van der Waals surface area (Å²) in [5.41, 5.74) is 1.04. The molecular formula is C19H24F2N6O2. The van der Waals surface area contributed by atoms with Gasteiger partial charge in [-0.3, -0.25) is 9.59 Å². The summed E-state index contributed by atoms with van der Waals surface area (Å²) in [7, 11) is 3.41. The van der Waals surface area contributed by atoms with Crippen LogP contribution in [-0.4, -0.2) is 75.8 Å². The molecule has 1 aliphatic rings. The molecule has 0 spiro atoms. The summed E-state index contributed by atoms with van der Waals surface area (Å²) >= 11 is 0. The molecule has 1 fully saturated rings. The first-order valence-electron chi connectivity index (χ1n) is 9.28. The Kier molecular flexibility index (Phi) is 6.21. The van der Waals surface area contributed by atoms with Gasteiger partial charge >= 0.3 is 0 Å². The number of alkyl halides is 2. The lowest BCUT2D eigenvalue weighted by Gasteiger charge is -2.25. The molecule has 29 heavy (non-hydrogen) atoms. The Hall–Kier alpha value is -2.88. The molecule has 0 saturated carbocycles. The van der Waals surface area contributed by atoms with Crippen LogP contribution >= 0.6 is 0 Å². The summed E-state index contributed by atoms with van der Waals surface area (Å²) < 4.78 is 29.2. The van der Waals surface area contributed by atoms with Gasteiger partial charge in [0, 0.05) is 13.0 Å². The molecule has 3 rings (SSSR count). The van der Waals surface area contributed by atoms with Crippen molar-refractivity contribution < 1.29 is 18.4 Å². The van der Waals surface area contributed by atoms with E-state index in [4.69, 9.17) is 0 Å². The zero-order chi connectivity index (χ0) is 21.0. The van der Waals surface area contributed by atoms with Crippen molar-refractivity contribution in [2.45, 2.75) is 31.5 Å². The third-order valence-corrected chi connectivity index (χ3v) is 4.61. The predicted octanol–water partition coefficient (Wildman–Crippen LogP) is 1.01. The van der Waals surface area contributed by atoms with Crippen LogP contribution < -0.4 is 5.32 Å². The van der Waals surface area contributed by atoms with Crippen LogP contribution in [0.4, 0.5) is 8.78 Å². The molecule has 2 aromatic rings. The lowest BCUT2D eigenvalue weighted by molar-refractivity contribution is -0.134. The normalized spacial score (nSPS) is 18.2. The zero-order valence-corrected chi connectivity index (χ0v) is 16.4. The van der Waals surface area contributed by atoms with E-state index in [2.05, 4.69) is 15.6 Å². The number of benzene rings is 1. The fourth-order valence-electron chi connectivity index (χ4n) is 3.29. The summed E-state index contributed by atoms with van der Waals surface area (Å²) in [6, 6.07) is 8.69. The number of hydrogen-bond donors (Lipinski definition) is 1. The van der Waals surface area contributed by atoms with Gasteiger partial charge in [-0.2, -0.15) is 0 Å². The summed E-state index contributed by atoms with van der Waals surface area (Å²) in [6.45, 7) is -0.164. The van der Waals surface area contributed by atoms with Gasteiger partial charge in [0.25, 0.3) is 11.8 Å². The van der Waals surface area contributed by atoms with Crippen LogP contribution in [0.2, 0.25) is 0 Å². The number of nitrogens with one attached hydrogen (secondary N) is 1. The molecule has 0 unspecified atom stereocenters. The number of amides is 2. The van der Waals surface area contributed by atoms with Crippen LogP contribution in [0, 0.1) is 0 Å². The average molecular weight is 406 g/mol. The highest BCUT2D eigenvalue weighted by Gasteiger charge is 2.47. The monoisotopic (exact) mass is 406 g/mol. The second kappa shape index (κ2) is 8.64. The van der Waals surface area contributed by atoms with E-state index in [9.17, 15) is 18.4 Å². The van der Waals surface area contributed by atoms with Crippen molar-refractivity contribution in [3.05, 3.63) is 47.8 Å². The maximum Gasteiger partial charge on any atom is 0.273 e. The molecule has 1 aliphatic heterocycles. The molecule has 0 aliphatic carbocycles. The topological polar surface area (TPSA) is 83.4 Å². The van der Waals surface area contributed by atoms with E-state index in [1.807, 2.05) is 30.3 Å². The number of likely N-dealkylation sites (N-methyl/N-ethyl adjacent to an activating group) is 1. The number of carbonyl (C=O) groups is 2. The first-order valence-corrected chi connectivity index (χ1v) is 9.28. The van der Waals surface area contributed by atoms with Gasteiger partial charge in [0.2, 0.25) is 5.91 Å². The van der Waals surface area contributed by atoms with Crippen molar-refractivity contribution in [2.75, 3.05) is 27.2 Å². The quantitative estimate of drug-likeness (QED) is 0.742. The Bertz CT molecular complexity index is 855. The van der Waals surface area contributed by atoms with Gasteiger partial charge in [-0.05, 0) is 19.7 Å². The van der Waals surface area contributed by atoms with Crippen molar-refractivity contribution in [1.82, 2.24) is 30.1 Å². The summed E-state index contributed by atoms with van der Waals surface area (Å²) in [6.07, 6.45) is 0.965. The minimum absolute atomic E-state index is 0.0493. The molecule has 0 radical (unpaired) electrons. The summed E-state index contributed by atoms with van der Waals surface area (Å²) in [5, 5.41) is 10.4. The zero-order valence-electron chi connectivity index (χ0n) is 16.4. The van der Waals surface area contributed by atoms with Crippen molar-refractivity contribution >= 4 is 11.8 Å². The minimum Gasteiger partial charge on any atom is -0.347 e. The Morgan fingerprint density at radius 3 is 2.69 bits per heavy atom. The third-order valence-electron chi connectivity index (χ3n) is 4.61. The highest BCUT2D eigenvalue weighted by atomic mass is 19.3. The van der Waals surface area contributed by atoms with E-state index in [1.165, 1.54) is 15.8 Å². The number of aromatic nitrogens is 3. The van der Waals surface area contributed by atoms with Gasteiger partial charge in [0.15, 0.2) is 5.69 Å². The fourth-order valence-corrected chi connectivity index (χ4v) is 3.29. The molecule has 2 heterocycles. The SMILES string of the molecule is CN(C)CC(=O)N1CC(F)(F)C[C@H]1Cn1cc(C(=O)NCc2ccccc2)nn1. The predicted molar refractivity (Wildman–Crippen MR) is 101 cm³/mol. The van der Waals surface area contributed by atoms with E-state index in [1.54, 1.807) is 19.0 Å². The van der Waals surface area contributed by atoms with Gasteiger partial charge in [0.1, 0.15) is 0 Å². The Morgan fingerprint density at radius 1 is 1.28 bits per heavy atom. The first kappa shape index (κ1) is 20.8. The Balaban J connectivity index is 1.62. The van der Waals surface area contributed by atoms with Crippen LogP contribution in [0.3, 0.4) is 0 Å². The lowest BCUT2D eigenvalue weighted by atomic mass is 10.2. The number of rotatable bonds is 7. The van der Waals surface area contributed by atoms with Crippen molar-refractivity contribution in [2.24, 2.45) is 0 Å². The molecule has 1 saturated heterocycles. The molecule has 0 bridgehead atoms. The number of carbonyl (C=O) groups excluding carboxylic acids is 2. The maximum atomic E-state index is 13.9. The molecular weight excluding hydrogens is 382 g/mol. The highest BCUT2D eigenvalue weighted by Crippen LogP contribution is 2.32. The molecule has 156 valence electrons. The van der Waals surface area contributed by atoms with Crippen LogP contribution in [0.25, 0.3) is 0 Å². The number of likely N-dealkylation sites (tertiary alicyclic amines) is 1. The largest absolute Gasteiger partial charge is 0.347 e. The molecule has 1 aromatic carbocycles. The number of halogens is 2. The smallest absolute Gasteiger partial charge is 0.273 e. The second-order valence-corrected chi connectivity index (χ2v) is 7.47. The minimum atomic E-state index is -2.94. The summed E-state index contributed by atoms with van der Waals surface area (Å²) in [5.74, 6) is -3.71. The van der Waals surface area contributed by atoms with Gasteiger partial charge in [0.05, 0.1) is 31.9 Å². The fraction of sp³-hybridized carbons (Fsp3) is 0.474.